The van der Waals surface area contributed by atoms with Gasteiger partial charge in [0.25, 0.3) is 0 Å². The van der Waals surface area contributed by atoms with Crippen LogP contribution in [0.25, 0.3) is 6.08 Å². The summed E-state index contributed by atoms with van der Waals surface area (Å²) in [6.07, 6.45) is 5.64. The SMILES string of the molecule is C1=NCS/C1=C\c1ccnc(Nc2ccccc2)n1. The number of nitrogens with one attached hydrogen (secondary N) is 1. The minimum atomic E-state index is 0.598. The maximum atomic E-state index is 4.46. The molecule has 0 bridgehead atoms. The van der Waals surface area contributed by atoms with Crippen LogP contribution in [0.2, 0.25) is 0 Å². The van der Waals surface area contributed by atoms with Gasteiger partial charge < -0.3 is 5.32 Å². The monoisotopic (exact) mass is 268 g/mol. The number of allylic oxidation sites excluding steroid dienone is 1. The molecule has 4 nitrogen and oxygen atoms in total. The van der Waals surface area contributed by atoms with E-state index in [0.29, 0.717) is 5.95 Å². The molecule has 0 aliphatic carbocycles. The Bertz CT molecular complexity index is 622. The van der Waals surface area contributed by atoms with Crippen molar-refractivity contribution >= 4 is 35.7 Å². The molecule has 2 aromatic rings. The molecule has 0 saturated heterocycles. The first-order chi connectivity index (χ1) is 9.40. The summed E-state index contributed by atoms with van der Waals surface area (Å²) in [6, 6.07) is 11.8. The standard InChI is InChI=1S/C14H12N4S/c1-2-4-11(5-3-1)17-14-16-7-6-12(18-14)8-13-9-15-10-19-13/h1-9H,10H2,(H,16,17,18)/b13-8-. The summed E-state index contributed by atoms with van der Waals surface area (Å²) in [5.41, 5.74) is 1.85. The van der Waals surface area contributed by atoms with Gasteiger partial charge in [-0.15, -0.1) is 11.8 Å². The molecule has 0 atom stereocenters. The number of para-hydroxylation sites is 1. The molecule has 3 rings (SSSR count). The quantitative estimate of drug-likeness (QED) is 0.927. The summed E-state index contributed by atoms with van der Waals surface area (Å²) in [5.74, 6) is 1.40. The van der Waals surface area contributed by atoms with Gasteiger partial charge in [0.05, 0.1) is 11.6 Å². The van der Waals surface area contributed by atoms with Crippen LogP contribution in [0.4, 0.5) is 11.6 Å². The second-order valence-electron chi connectivity index (χ2n) is 3.93. The van der Waals surface area contributed by atoms with Crippen molar-refractivity contribution in [2.75, 3.05) is 11.2 Å². The summed E-state index contributed by atoms with van der Waals surface area (Å²) >= 11 is 1.71. The van der Waals surface area contributed by atoms with Crippen molar-refractivity contribution in [3.8, 4) is 0 Å². The molecule has 5 heteroatoms. The van der Waals surface area contributed by atoms with E-state index >= 15 is 0 Å². The summed E-state index contributed by atoms with van der Waals surface area (Å²) in [7, 11) is 0. The molecule has 1 N–H and O–H groups in total. The van der Waals surface area contributed by atoms with E-state index in [1.807, 2.05) is 48.7 Å². The van der Waals surface area contributed by atoms with E-state index in [2.05, 4.69) is 20.3 Å². The van der Waals surface area contributed by atoms with Crippen LogP contribution in [0.5, 0.6) is 0 Å². The topological polar surface area (TPSA) is 50.2 Å². The molecule has 94 valence electrons. The molecule has 0 unspecified atom stereocenters. The maximum absolute atomic E-state index is 4.46. The van der Waals surface area contributed by atoms with E-state index in [1.165, 1.54) is 0 Å². The Morgan fingerprint density at radius 2 is 2.05 bits per heavy atom. The van der Waals surface area contributed by atoms with Gasteiger partial charge >= 0.3 is 0 Å². The lowest BCUT2D eigenvalue weighted by Crippen LogP contribution is -1.97. The molecule has 0 fully saturated rings. The highest BCUT2D eigenvalue weighted by molar-refractivity contribution is 8.04. The average Bonchev–Trinajstić information content (AvgIpc) is 2.93. The first kappa shape index (κ1) is 11.9. The van der Waals surface area contributed by atoms with Crippen LogP contribution in [0.15, 0.2) is 52.5 Å². The number of rotatable bonds is 3. The van der Waals surface area contributed by atoms with Crippen LogP contribution in [0, 0.1) is 0 Å². The maximum Gasteiger partial charge on any atom is 0.227 e. The average molecular weight is 268 g/mol. The number of hydrogen-bond donors (Lipinski definition) is 1. The van der Waals surface area contributed by atoms with Gasteiger partial charge in [0.1, 0.15) is 0 Å². The second-order valence-corrected chi connectivity index (χ2v) is 4.95. The second kappa shape index (κ2) is 5.67. The van der Waals surface area contributed by atoms with E-state index < -0.39 is 0 Å². The lowest BCUT2D eigenvalue weighted by atomic mass is 10.3. The van der Waals surface area contributed by atoms with Crippen molar-refractivity contribution in [1.29, 1.82) is 0 Å². The summed E-state index contributed by atoms with van der Waals surface area (Å²) in [6.45, 7) is 0. The fraction of sp³-hybridized carbons (Fsp3) is 0.0714. The highest BCUT2D eigenvalue weighted by atomic mass is 32.2. The Morgan fingerprint density at radius 1 is 1.16 bits per heavy atom. The van der Waals surface area contributed by atoms with Crippen LogP contribution >= 0.6 is 11.8 Å². The van der Waals surface area contributed by atoms with Gasteiger partial charge in [0, 0.05) is 23.0 Å². The van der Waals surface area contributed by atoms with Gasteiger partial charge in [0.15, 0.2) is 0 Å². The molecule has 1 aromatic heterocycles. The third kappa shape index (κ3) is 3.20. The van der Waals surface area contributed by atoms with E-state index in [1.54, 1.807) is 18.0 Å². The van der Waals surface area contributed by atoms with E-state index in [-0.39, 0.29) is 0 Å². The van der Waals surface area contributed by atoms with Crippen molar-refractivity contribution in [1.82, 2.24) is 9.97 Å². The van der Waals surface area contributed by atoms with Gasteiger partial charge in [0.2, 0.25) is 5.95 Å². The summed E-state index contributed by atoms with van der Waals surface area (Å²) in [5, 5.41) is 3.18. The molecule has 1 aromatic carbocycles. The minimum absolute atomic E-state index is 0.598. The molecule has 0 radical (unpaired) electrons. The minimum Gasteiger partial charge on any atom is -0.324 e. The zero-order valence-corrected chi connectivity index (χ0v) is 11.0. The van der Waals surface area contributed by atoms with Gasteiger partial charge in [-0.3, -0.25) is 4.99 Å². The van der Waals surface area contributed by atoms with Crippen LogP contribution < -0.4 is 5.32 Å². The fourth-order valence-corrected chi connectivity index (χ4v) is 2.32. The largest absolute Gasteiger partial charge is 0.324 e. The number of benzene rings is 1. The molecule has 1 aliphatic heterocycles. The number of thioether (sulfide) groups is 1. The molecule has 2 heterocycles. The molecular formula is C14H12N4S. The summed E-state index contributed by atoms with van der Waals surface area (Å²) < 4.78 is 0. The van der Waals surface area contributed by atoms with Gasteiger partial charge in [-0.05, 0) is 24.3 Å². The normalized spacial score (nSPS) is 15.9. The Labute approximate surface area is 115 Å². The van der Waals surface area contributed by atoms with E-state index in [4.69, 9.17) is 0 Å². The van der Waals surface area contributed by atoms with Gasteiger partial charge in [-0.1, -0.05) is 18.2 Å². The van der Waals surface area contributed by atoms with Gasteiger partial charge in [-0.25, -0.2) is 9.97 Å². The Kier molecular flexibility index (Phi) is 3.56. The fourth-order valence-electron chi connectivity index (χ4n) is 1.66. The third-order valence-corrected chi connectivity index (χ3v) is 3.36. The zero-order chi connectivity index (χ0) is 12.9. The zero-order valence-electron chi connectivity index (χ0n) is 10.2. The van der Waals surface area contributed by atoms with Crippen molar-refractivity contribution < 1.29 is 0 Å². The predicted molar refractivity (Wildman–Crippen MR) is 80.7 cm³/mol. The molecular weight excluding hydrogens is 256 g/mol. The summed E-state index contributed by atoms with van der Waals surface area (Å²) in [4.78, 5) is 14.0. The number of aliphatic imine (C=N–C) groups is 1. The van der Waals surface area contributed by atoms with Crippen LogP contribution in [0.3, 0.4) is 0 Å². The van der Waals surface area contributed by atoms with Crippen molar-refractivity contribution in [2.24, 2.45) is 4.99 Å². The Hall–Kier alpha value is -2.14. The number of aromatic nitrogens is 2. The van der Waals surface area contributed by atoms with E-state index in [9.17, 15) is 0 Å². The molecule has 1 aliphatic rings. The first-order valence-corrected chi connectivity index (χ1v) is 6.88. The van der Waals surface area contributed by atoms with Crippen LogP contribution in [0.1, 0.15) is 5.69 Å². The lowest BCUT2D eigenvalue weighted by molar-refractivity contribution is 1.15. The predicted octanol–water partition coefficient (Wildman–Crippen LogP) is 3.34. The lowest BCUT2D eigenvalue weighted by Gasteiger charge is -2.04. The smallest absolute Gasteiger partial charge is 0.227 e. The number of nitrogens with zero attached hydrogens (tertiary/aromatic N) is 3. The Balaban J connectivity index is 1.80. The van der Waals surface area contributed by atoms with Crippen molar-refractivity contribution in [2.45, 2.75) is 0 Å². The molecule has 0 saturated carbocycles. The first-order valence-electron chi connectivity index (χ1n) is 5.89. The highest BCUT2D eigenvalue weighted by Gasteiger charge is 2.03. The molecule has 0 spiro atoms. The van der Waals surface area contributed by atoms with E-state index in [0.717, 1.165) is 22.2 Å². The van der Waals surface area contributed by atoms with Crippen molar-refractivity contribution in [3.63, 3.8) is 0 Å². The Morgan fingerprint density at radius 3 is 2.84 bits per heavy atom. The number of anilines is 2. The van der Waals surface area contributed by atoms with Gasteiger partial charge in [-0.2, -0.15) is 0 Å². The van der Waals surface area contributed by atoms with Crippen LogP contribution in [-0.4, -0.2) is 22.1 Å². The molecule has 19 heavy (non-hydrogen) atoms. The highest BCUT2D eigenvalue weighted by Crippen LogP contribution is 2.22. The third-order valence-electron chi connectivity index (χ3n) is 2.52. The number of hydrogen-bond acceptors (Lipinski definition) is 5. The van der Waals surface area contributed by atoms with Crippen molar-refractivity contribution in [3.05, 3.63) is 53.2 Å². The molecule has 0 amide bonds. The van der Waals surface area contributed by atoms with Crippen LogP contribution in [-0.2, 0) is 0 Å².